The third kappa shape index (κ3) is 11.1. The number of benzene rings is 3. The minimum absolute atomic E-state index is 0.0152. The maximum Gasteiger partial charge on any atom is 0.498 e. The molecule has 2 amide bonds. The van der Waals surface area contributed by atoms with Gasteiger partial charge in [-0.15, -0.1) is 0 Å². The Labute approximate surface area is 471 Å². The summed E-state index contributed by atoms with van der Waals surface area (Å²) < 4.78 is 89.6. The fourth-order valence-electron chi connectivity index (χ4n) is 10.5. The number of halogens is 5. The van der Waals surface area contributed by atoms with Crippen LogP contribution in [0.3, 0.4) is 0 Å². The fourth-order valence-corrected chi connectivity index (χ4v) is 10.9. The van der Waals surface area contributed by atoms with Crippen LogP contribution >= 0.6 is 15.9 Å². The number of rotatable bonds is 11. The van der Waals surface area contributed by atoms with E-state index >= 15 is 0 Å². The number of aromatic hydroxyl groups is 1. The standard InChI is InChI=1S/C22H20F2N4O4.C19H19BrN2O4.C16H19BF2N2O2/c1-2-27-17-10-32-11-18(17)28-9-15(20(29)21(30)19(28)22(27)31)13-6-25-26(8-13)7-12-3-4-14(23)5-16(12)24;1-2-21-14-10-25-11-15(14)22-8-13(20)17(23)18(16(22)19(21)24)26-9-12-6-4-3-5-7-12;1-15(2)16(3,4)23-17(22-15)12-8-20-21(10-12)9-11-5-6-13(18)7-14(11)19/h3-6,8-9,17-18,30H,2,7,10-11H2,1H3;3-8,14-15H,2,9-11H2,1H3;5-8,10H,9H2,1-4H3/t17-,18+;14-,15+;/m00./s1. The topological polar surface area (TPSA) is 187 Å². The number of likely N-dealkylation sites (N-methyl/N-ethyl adjacent to an activating group) is 2. The van der Waals surface area contributed by atoms with Crippen molar-refractivity contribution < 1.29 is 55.8 Å². The first-order chi connectivity index (χ1) is 38.7. The SMILES string of the molecule is CC1(C)OB(c2cnn(Cc3ccc(F)cc3F)c2)OC1(C)C.CCN1C(=O)c2c(O)c(=O)c(-c3cnn(Cc4ccc(F)cc4F)c3)cn2[C@@H]2COC[C@@H]21.CCN1C(=O)c2c(OCc3ccccc3)c(=O)c(Br)cn2[C@@H]2COC[C@@H]21. The van der Waals surface area contributed by atoms with Crippen LogP contribution in [0.15, 0.2) is 118 Å². The lowest BCUT2D eigenvalue weighted by molar-refractivity contribution is 0.00578. The zero-order chi connectivity index (χ0) is 57.7. The van der Waals surface area contributed by atoms with Crippen LogP contribution in [-0.4, -0.2) is 125 Å². The molecule has 9 heterocycles. The van der Waals surface area contributed by atoms with E-state index in [2.05, 4.69) is 26.1 Å². The van der Waals surface area contributed by atoms with Crippen LogP contribution in [0.1, 0.15) is 91.3 Å². The van der Waals surface area contributed by atoms with Crippen LogP contribution in [-0.2, 0) is 38.5 Å². The van der Waals surface area contributed by atoms with Gasteiger partial charge < -0.3 is 47.6 Å². The lowest BCUT2D eigenvalue weighted by atomic mass is 9.82. The van der Waals surface area contributed by atoms with E-state index in [9.17, 15) is 41.8 Å². The first-order valence-electron chi connectivity index (χ1n) is 26.3. The summed E-state index contributed by atoms with van der Waals surface area (Å²) in [6.07, 6.45) is 9.60. The Hall–Kier alpha value is -7.38. The van der Waals surface area contributed by atoms with Gasteiger partial charge in [0.1, 0.15) is 29.9 Å². The average molecular weight is 1180 g/mol. The third-order valence-corrected chi connectivity index (χ3v) is 16.1. The number of carbonyl (C=O) groups is 2. The number of amides is 2. The number of hydrogen-bond acceptors (Lipinski definition) is 12. The Kier molecular flexibility index (Phi) is 16.1. The molecule has 0 bridgehead atoms. The highest BCUT2D eigenvalue weighted by molar-refractivity contribution is 9.10. The smallest absolute Gasteiger partial charge is 0.498 e. The zero-order valence-corrected chi connectivity index (χ0v) is 46.7. The summed E-state index contributed by atoms with van der Waals surface area (Å²) in [6, 6.07) is 15.9. The van der Waals surface area contributed by atoms with E-state index in [1.54, 1.807) is 43.8 Å². The molecule has 7 aromatic rings. The summed E-state index contributed by atoms with van der Waals surface area (Å²) in [6.45, 7) is 14.9. The second-order valence-electron chi connectivity index (χ2n) is 21.1. The average Bonchev–Trinajstić information content (AvgIpc) is 4.43. The van der Waals surface area contributed by atoms with Crippen LogP contribution in [0, 0.1) is 23.3 Å². The monoisotopic (exact) mass is 1180 g/mol. The quantitative estimate of drug-likeness (QED) is 0.101. The molecular formula is C57H58BBrF4N8O10. The lowest BCUT2D eigenvalue weighted by Gasteiger charge is -2.38. The molecule has 0 saturated carbocycles. The van der Waals surface area contributed by atoms with Gasteiger partial charge in [-0.05, 0) is 75.2 Å². The molecule has 0 unspecified atom stereocenters. The summed E-state index contributed by atoms with van der Waals surface area (Å²) in [5.41, 5.74) is 1.29. The maximum atomic E-state index is 14.0. The summed E-state index contributed by atoms with van der Waals surface area (Å²) in [7, 11) is -0.508. The van der Waals surface area contributed by atoms with Crippen LogP contribution < -0.4 is 21.1 Å². The summed E-state index contributed by atoms with van der Waals surface area (Å²) in [4.78, 5) is 55.1. The Morgan fingerprint density at radius 1 is 0.667 bits per heavy atom. The maximum absolute atomic E-state index is 14.0. The normalized spacial score (nSPS) is 20.2. The molecule has 1 N–H and O–H groups in total. The molecule has 18 nitrogen and oxygen atoms in total. The molecule has 0 radical (unpaired) electrons. The number of aromatic nitrogens is 6. The number of pyridine rings is 2. The Morgan fingerprint density at radius 3 is 1.74 bits per heavy atom. The van der Waals surface area contributed by atoms with E-state index in [4.69, 9.17) is 23.5 Å². The first kappa shape index (κ1) is 56.9. The largest absolute Gasteiger partial charge is 0.503 e. The van der Waals surface area contributed by atoms with E-state index in [0.717, 1.165) is 29.2 Å². The summed E-state index contributed by atoms with van der Waals surface area (Å²) in [5.74, 6) is -3.67. The number of fused-ring (bicyclic) bond motifs is 6. The molecule has 81 heavy (non-hydrogen) atoms. The van der Waals surface area contributed by atoms with Gasteiger partial charge in [-0.2, -0.15) is 10.2 Å². The number of hydrogen-bond donors (Lipinski definition) is 1. The number of ether oxygens (including phenoxy) is 3. The Bertz CT molecular complexity index is 3640. The van der Waals surface area contributed by atoms with Crippen molar-refractivity contribution in [2.75, 3.05) is 39.5 Å². The highest BCUT2D eigenvalue weighted by Crippen LogP contribution is 2.39. The first-order valence-corrected chi connectivity index (χ1v) is 27.1. The highest BCUT2D eigenvalue weighted by Gasteiger charge is 2.52. The third-order valence-electron chi connectivity index (χ3n) is 15.6. The zero-order valence-electron chi connectivity index (χ0n) is 45.2. The van der Waals surface area contributed by atoms with Crippen LogP contribution in [0.5, 0.6) is 11.5 Å². The highest BCUT2D eigenvalue weighted by atomic mass is 79.9. The Balaban J connectivity index is 0.000000139. The van der Waals surface area contributed by atoms with E-state index in [1.165, 1.54) is 35.3 Å². The van der Waals surface area contributed by atoms with Crippen LogP contribution in [0.25, 0.3) is 11.1 Å². The molecular weight excluding hydrogens is 1120 g/mol. The molecule has 4 atom stereocenters. The van der Waals surface area contributed by atoms with Gasteiger partial charge in [0.15, 0.2) is 22.9 Å². The molecule has 424 valence electrons. The van der Waals surface area contributed by atoms with Crippen molar-refractivity contribution in [3.05, 3.63) is 180 Å². The van der Waals surface area contributed by atoms with Gasteiger partial charge in [0.25, 0.3) is 11.8 Å². The van der Waals surface area contributed by atoms with Crippen molar-refractivity contribution in [2.45, 2.75) is 96.6 Å². The second-order valence-corrected chi connectivity index (χ2v) is 22.0. The van der Waals surface area contributed by atoms with E-state index in [0.29, 0.717) is 60.8 Å². The summed E-state index contributed by atoms with van der Waals surface area (Å²) >= 11 is 3.32. The molecule has 24 heteroatoms. The predicted octanol–water partition coefficient (Wildman–Crippen LogP) is 7.27. The molecule has 12 rings (SSSR count). The van der Waals surface area contributed by atoms with E-state index in [-0.39, 0.29) is 77.8 Å². The van der Waals surface area contributed by atoms with Crippen LogP contribution in [0.2, 0.25) is 0 Å². The van der Waals surface area contributed by atoms with E-state index < -0.39 is 58.7 Å². The van der Waals surface area contributed by atoms with Gasteiger partial charge in [0.05, 0.1) is 91.1 Å². The van der Waals surface area contributed by atoms with Crippen LogP contribution in [0.4, 0.5) is 17.6 Å². The molecule has 5 aliphatic rings. The predicted molar refractivity (Wildman–Crippen MR) is 292 cm³/mol. The minimum atomic E-state index is -0.695. The Morgan fingerprint density at radius 2 is 1.19 bits per heavy atom. The minimum Gasteiger partial charge on any atom is -0.503 e. The molecule has 5 aliphatic heterocycles. The van der Waals surface area contributed by atoms with Gasteiger partial charge >= 0.3 is 7.12 Å². The van der Waals surface area contributed by atoms with Crippen molar-refractivity contribution in [3.8, 4) is 22.6 Å². The van der Waals surface area contributed by atoms with Crippen molar-refractivity contribution in [1.82, 2.24) is 38.5 Å². The van der Waals surface area contributed by atoms with Gasteiger partial charge in [0.2, 0.25) is 10.9 Å². The molecule has 4 aromatic heterocycles. The van der Waals surface area contributed by atoms with Crippen molar-refractivity contribution in [1.29, 1.82) is 0 Å². The van der Waals surface area contributed by atoms with Gasteiger partial charge in [-0.3, -0.25) is 28.5 Å². The lowest BCUT2D eigenvalue weighted by Crippen LogP contribution is -2.51. The van der Waals surface area contributed by atoms with Crippen molar-refractivity contribution in [3.63, 3.8) is 0 Å². The van der Waals surface area contributed by atoms with Crippen molar-refractivity contribution >= 4 is 40.3 Å². The van der Waals surface area contributed by atoms with Gasteiger partial charge in [0, 0.05) is 78.4 Å². The van der Waals surface area contributed by atoms with E-state index in [1.807, 2.05) is 76.4 Å². The number of nitrogens with zero attached hydrogens (tertiary/aromatic N) is 8. The molecule has 3 aromatic carbocycles. The van der Waals surface area contributed by atoms with Gasteiger partial charge in [-0.25, -0.2) is 17.6 Å². The molecule has 0 spiro atoms. The number of carbonyl (C=O) groups excluding carboxylic acids is 2. The fraction of sp³-hybridized carbons (Fsp3) is 0.368. The molecule has 3 fully saturated rings. The summed E-state index contributed by atoms with van der Waals surface area (Å²) in [5, 5.41) is 19.0. The molecule has 0 aliphatic carbocycles. The van der Waals surface area contributed by atoms with Gasteiger partial charge in [-0.1, -0.05) is 42.5 Å². The van der Waals surface area contributed by atoms with Crippen molar-refractivity contribution in [2.24, 2.45) is 0 Å². The molecule has 3 saturated heterocycles. The second kappa shape index (κ2) is 22.9.